The quantitative estimate of drug-likeness (QED) is 0.695. The number of sulfonamides is 1. The van der Waals surface area contributed by atoms with Crippen LogP contribution in [0.4, 0.5) is 0 Å². The molecule has 0 bridgehead atoms. The van der Waals surface area contributed by atoms with E-state index < -0.39 is 21.7 Å². The predicted molar refractivity (Wildman–Crippen MR) is 66.0 cm³/mol. The number of primary amides is 1. The summed E-state index contributed by atoms with van der Waals surface area (Å²) >= 11 is 0. The number of carbonyl (C=O) groups is 1. The monoisotopic (exact) mass is 255 g/mol. The Morgan fingerprint density at radius 2 is 2.29 bits per heavy atom. The SMILES string of the molecule is C=CC[CH]C1=CCN(S(=O)(=O)CC(N)=O)C=C1. The van der Waals surface area contributed by atoms with E-state index in [1.165, 1.54) is 6.20 Å². The van der Waals surface area contributed by atoms with E-state index in [1.807, 2.05) is 6.42 Å². The fraction of sp³-hybridized carbons (Fsp3) is 0.273. The van der Waals surface area contributed by atoms with Crippen LogP contribution in [0.2, 0.25) is 0 Å². The van der Waals surface area contributed by atoms with Crippen molar-refractivity contribution in [3.05, 3.63) is 43.0 Å². The summed E-state index contributed by atoms with van der Waals surface area (Å²) in [5.74, 6) is -1.52. The van der Waals surface area contributed by atoms with E-state index >= 15 is 0 Å². The first-order chi connectivity index (χ1) is 7.95. The molecule has 93 valence electrons. The van der Waals surface area contributed by atoms with Gasteiger partial charge in [0, 0.05) is 6.20 Å². The Labute approximate surface area is 101 Å². The number of nitrogens with zero attached hydrogens (tertiary/aromatic N) is 1. The van der Waals surface area contributed by atoms with Crippen molar-refractivity contribution in [2.45, 2.75) is 6.42 Å². The zero-order valence-corrected chi connectivity index (χ0v) is 10.2. The van der Waals surface area contributed by atoms with E-state index in [9.17, 15) is 13.2 Å². The fourth-order valence-electron chi connectivity index (χ4n) is 1.33. The van der Waals surface area contributed by atoms with Crippen molar-refractivity contribution in [2.24, 2.45) is 5.73 Å². The van der Waals surface area contributed by atoms with Crippen LogP contribution in [-0.4, -0.2) is 30.9 Å². The van der Waals surface area contributed by atoms with Crippen molar-refractivity contribution >= 4 is 15.9 Å². The zero-order valence-electron chi connectivity index (χ0n) is 9.37. The number of hydrogen-bond donors (Lipinski definition) is 1. The highest BCUT2D eigenvalue weighted by molar-refractivity contribution is 7.89. The van der Waals surface area contributed by atoms with Gasteiger partial charge in [-0.15, -0.1) is 6.58 Å². The first-order valence-electron chi connectivity index (χ1n) is 5.06. The molecule has 1 aliphatic heterocycles. The molecule has 0 unspecified atom stereocenters. The molecule has 0 atom stereocenters. The maximum absolute atomic E-state index is 11.6. The van der Waals surface area contributed by atoms with E-state index in [0.29, 0.717) is 0 Å². The van der Waals surface area contributed by atoms with E-state index in [-0.39, 0.29) is 6.54 Å². The van der Waals surface area contributed by atoms with Gasteiger partial charge in [-0.2, -0.15) is 0 Å². The number of allylic oxidation sites excluding steroid dienone is 3. The van der Waals surface area contributed by atoms with E-state index in [4.69, 9.17) is 5.73 Å². The zero-order chi connectivity index (χ0) is 12.9. The summed E-state index contributed by atoms with van der Waals surface area (Å²) in [6.45, 7) is 3.81. The van der Waals surface area contributed by atoms with Gasteiger partial charge in [0.1, 0.15) is 5.75 Å². The maximum Gasteiger partial charge on any atom is 0.244 e. The van der Waals surface area contributed by atoms with Crippen molar-refractivity contribution in [3.63, 3.8) is 0 Å². The minimum Gasteiger partial charge on any atom is -0.369 e. The van der Waals surface area contributed by atoms with Gasteiger partial charge in [-0.1, -0.05) is 12.2 Å². The second-order valence-electron chi connectivity index (χ2n) is 3.54. The normalized spacial score (nSPS) is 15.5. The van der Waals surface area contributed by atoms with Crippen molar-refractivity contribution in [3.8, 4) is 0 Å². The number of amides is 1. The molecule has 1 rings (SSSR count). The minimum absolute atomic E-state index is 0.217. The lowest BCUT2D eigenvalue weighted by Crippen LogP contribution is -2.35. The Hall–Kier alpha value is -1.56. The van der Waals surface area contributed by atoms with Gasteiger partial charge in [-0.3, -0.25) is 9.10 Å². The summed E-state index contributed by atoms with van der Waals surface area (Å²) in [7, 11) is -3.63. The number of hydrogen-bond acceptors (Lipinski definition) is 3. The highest BCUT2D eigenvalue weighted by atomic mass is 32.2. The average Bonchev–Trinajstić information content (AvgIpc) is 2.25. The van der Waals surface area contributed by atoms with Gasteiger partial charge in [-0.05, 0) is 24.5 Å². The van der Waals surface area contributed by atoms with Gasteiger partial charge >= 0.3 is 0 Å². The second-order valence-corrected chi connectivity index (χ2v) is 5.46. The first kappa shape index (κ1) is 13.5. The third kappa shape index (κ3) is 4.07. The Morgan fingerprint density at radius 3 is 2.76 bits per heavy atom. The van der Waals surface area contributed by atoms with Gasteiger partial charge < -0.3 is 5.73 Å². The topological polar surface area (TPSA) is 80.5 Å². The minimum atomic E-state index is -3.63. The highest BCUT2D eigenvalue weighted by Gasteiger charge is 2.21. The molecule has 5 nitrogen and oxygen atoms in total. The number of carbonyl (C=O) groups excluding carboxylic acids is 1. The molecule has 6 heteroatoms. The summed E-state index contributed by atoms with van der Waals surface area (Å²) < 4.78 is 24.4. The lowest BCUT2D eigenvalue weighted by atomic mass is 10.1. The van der Waals surface area contributed by atoms with E-state index in [0.717, 1.165) is 16.3 Å². The summed E-state index contributed by atoms with van der Waals surface area (Å²) in [6.07, 6.45) is 9.29. The highest BCUT2D eigenvalue weighted by Crippen LogP contribution is 2.14. The van der Waals surface area contributed by atoms with Gasteiger partial charge in [0.2, 0.25) is 15.9 Å². The molecule has 0 saturated heterocycles. The molecule has 0 spiro atoms. The van der Waals surface area contributed by atoms with Crippen LogP contribution in [0, 0.1) is 6.42 Å². The maximum atomic E-state index is 11.6. The molecule has 0 aromatic heterocycles. The van der Waals surface area contributed by atoms with Crippen molar-refractivity contribution in [1.29, 1.82) is 0 Å². The Bertz CT molecular complexity index is 463. The Kier molecular flexibility index (Phi) is 4.51. The van der Waals surface area contributed by atoms with Crippen LogP contribution in [0.15, 0.2) is 36.6 Å². The van der Waals surface area contributed by atoms with Crippen LogP contribution in [0.25, 0.3) is 0 Å². The van der Waals surface area contributed by atoms with Gasteiger partial charge in [0.25, 0.3) is 0 Å². The summed E-state index contributed by atoms with van der Waals surface area (Å²) in [6, 6.07) is 0. The largest absolute Gasteiger partial charge is 0.369 e. The fourth-order valence-corrected chi connectivity index (χ4v) is 2.41. The van der Waals surface area contributed by atoms with Crippen LogP contribution >= 0.6 is 0 Å². The van der Waals surface area contributed by atoms with Crippen LogP contribution in [0.5, 0.6) is 0 Å². The van der Waals surface area contributed by atoms with Gasteiger partial charge in [0.15, 0.2) is 0 Å². The van der Waals surface area contributed by atoms with E-state index in [2.05, 4.69) is 6.58 Å². The van der Waals surface area contributed by atoms with Crippen LogP contribution < -0.4 is 5.73 Å². The van der Waals surface area contributed by atoms with Crippen molar-refractivity contribution in [2.75, 3.05) is 12.3 Å². The smallest absolute Gasteiger partial charge is 0.244 e. The third-order valence-corrected chi connectivity index (χ3v) is 3.78. The molecular weight excluding hydrogens is 240 g/mol. The molecule has 1 radical (unpaired) electrons. The molecule has 0 aromatic rings. The van der Waals surface area contributed by atoms with Crippen LogP contribution in [-0.2, 0) is 14.8 Å². The lowest BCUT2D eigenvalue weighted by Gasteiger charge is -2.21. The first-order valence-corrected chi connectivity index (χ1v) is 6.67. The summed E-state index contributed by atoms with van der Waals surface area (Å²) in [5.41, 5.74) is 5.82. The molecule has 17 heavy (non-hydrogen) atoms. The molecule has 0 fully saturated rings. The molecule has 2 N–H and O–H groups in total. The molecule has 0 aromatic carbocycles. The molecule has 1 amide bonds. The molecule has 1 heterocycles. The predicted octanol–water partition coefficient (Wildman–Crippen LogP) is 0.338. The average molecular weight is 255 g/mol. The van der Waals surface area contributed by atoms with Crippen LogP contribution in [0.3, 0.4) is 0 Å². The van der Waals surface area contributed by atoms with Crippen molar-refractivity contribution in [1.82, 2.24) is 4.31 Å². The Balaban J connectivity index is 2.64. The molecular formula is C11H15N2O3S. The molecule has 0 saturated carbocycles. The Morgan fingerprint density at radius 1 is 1.59 bits per heavy atom. The third-order valence-electron chi connectivity index (χ3n) is 2.14. The van der Waals surface area contributed by atoms with Gasteiger partial charge in [-0.25, -0.2) is 8.42 Å². The molecule has 0 aliphatic carbocycles. The second kappa shape index (κ2) is 5.67. The number of rotatable bonds is 6. The van der Waals surface area contributed by atoms with Crippen LogP contribution in [0.1, 0.15) is 6.42 Å². The van der Waals surface area contributed by atoms with E-state index in [1.54, 1.807) is 18.2 Å². The summed E-state index contributed by atoms with van der Waals surface area (Å²) in [4.78, 5) is 10.6. The molecule has 1 aliphatic rings. The van der Waals surface area contributed by atoms with Gasteiger partial charge in [0.05, 0.1) is 6.54 Å². The number of nitrogens with two attached hydrogens (primary N) is 1. The summed E-state index contributed by atoms with van der Waals surface area (Å²) in [5, 5.41) is 0. The van der Waals surface area contributed by atoms with Crippen molar-refractivity contribution < 1.29 is 13.2 Å². The lowest BCUT2D eigenvalue weighted by molar-refractivity contribution is -0.115. The standard InChI is InChI=1S/C11H15N2O3S/c1-2-3-4-10-5-7-13(8-6-10)17(15,16)9-11(12)14/h2,4-7H,1,3,8-9H2,(H2,12,14).